The molecule has 1 fully saturated rings. The van der Waals surface area contributed by atoms with Crippen LogP contribution in [0.5, 0.6) is 5.75 Å². The first kappa shape index (κ1) is 29.3. The molecule has 224 valence electrons. The Labute approximate surface area is 258 Å². The summed E-state index contributed by atoms with van der Waals surface area (Å²) in [5.41, 5.74) is 5.67. The number of nitrogens with one attached hydrogen (secondary N) is 1. The largest absolute Gasteiger partial charge is 0.481 e. The molecule has 43 heavy (non-hydrogen) atoms. The molecule has 1 aliphatic carbocycles. The summed E-state index contributed by atoms with van der Waals surface area (Å²) in [6.07, 6.45) is 4.99. The van der Waals surface area contributed by atoms with E-state index < -0.39 is 17.5 Å². The van der Waals surface area contributed by atoms with Crippen LogP contribution in [0.2, 0.25) is 5.02 Å². The fourth-order valence-electron chi connectivity index (χ4n) is 6.50. The molecule has 7 heteroatoms. The molecule has 1 aromatic heterocycles. The van der Waals surface area contributed by atoms with Crippen LogP contribution in [0.4, 0.5) is 5.69 Å². The van der Waals surface area contributed by atoms with Gasteiger partial charge in [0, 0.05) is 40.3 Å². The molecule has 2 heterocycles. The summed E-state index contributed by atoms with van der Waals surface area (Å²) in [5, 5.41) is 15.3. The number of carboxylic acids is 1. The monoisotopic (exact) mass is 598 g/mol. The van der Waals surface area contributed by atoms with Crippen molar-refractivity contribution < 1.29 is 19.4 Å². The highest BCUT2D eigenvalue weighted by molar-refractivity contribution is 6.30. The molecule has 0 amide bonds. The lowest BCUT2D eigenvalue weighted by atomic mass is 9.79. The molecule has 0 radical (unpaired) electrons. The number of carbonyl (C=O) groups excluding carboxylic acids is 1. The number of halogens is 1. The number of benzene rings is 3. The Kier molecular flexibility index (Phi) is 7.99. The second-order valence-electron chi connectivity index (χ2n) is 12.9. The quantitative estimate of drug-likeness (QED) is 0.185. The summed E-state index contributed by atoms with van der Waals surface area (Å²) in [6.45, 7) is 5.78. The number of aliphatic carboxylic acids is 1. The van der Waals surface area contributed by atoms with E-state index in [0.29, 0.717) is 29.7 Å². The number of hydrogen-bond donors (Lipinski definition) is 2. The maximum Gasteiger partial charge on any atom is 0.309 e. The average Bonchev–Trinajstić information content (AvgIpc) is 3.49. The van der Waals surface area contributed by atoms with Crippen LogP contribution >= 0.6 is 11.6 Å². The van der Waals surface area contributed by atoms with Gasteiger partial charge in [0.05, 0.1) is 11.5 Å². The van der Waals surface area contributed by atoms with Crippen molar-refractivity contribution in [2.75, 3.05) is 5.32 Å². The second-order valence-corrected chi connectivity index (χ2v) is 13.4. The van der Waals surface area contributed by atoms with Crippen molar-refractivity contribution >= 4 is 39.9 Å². The van der Waals surface area contributed by atoms with Crippen LogP contribution in [-0.2, 0) is 35.4 Å². The molecule has 3 aromatic carbocycles. The number of para-hydroxylation sites is 1. The maximum atomic E-state index is 12.9. The smallest absolute Gasteiger partial charge is 0.309 e. The Morgan fingerprint density at radius 1 is 1.09 bits per heavy atom. The van der Waals surface area contributed by atoms with Crippen molar-refractivity contribution in [2.45, 2.75) is 78.0 Å². The van der Waals surface area contributed by atoms with E-state index in [1.807, 2.05) is 48.5 Å². The van der Waals surface area contributed by atoms with Crippen molar-refractivity contribution in [1.82, 2.24) is 4.57 Å². The van der Waals surface area contributed by atoms with Crippen LogP contribution in [0, 0.1) is 11.3 Å². The van der Waals surface area contributed by atoms with E-state index in [-0.39, 0.29) is 11.8 Å². The first-order chi connectivity index (χ1) is 20.6. The molecule has 2 N–H and O–H groups in total. The molecule has 4 aromatic rings. The van der Waals surface area contributed by atoms with Crippen LogP contribution in [-0.4, -0.2) is 33.6 Å². The summed E-state index contributed by atoms with van der Waals surface area (Å²) in [7, 11) is 0. The molecule has 1 unspecified atom stereocenters. The third-order valence-corrected chi connectivity index (χ3v) is 9.50. The zero-order chi connectivity index (χ0) is 30.3. The van der Waals surface area contributed by atoms with Gasteiger partial charge in [0.15, 0.2) is 11.9 Å². The Hall–Kier alpha value is -3.77. The Bertz CT molecular complexity index is 1640. The summed E-state index contributed by atoms with van der Waals surface area (Å²) >= 11 is 6.19. The van der Waals surface area contributed by atoms with E-state index in [4.69, 9.17) is 16.3 Å². The third kappa shape index (κ3) is 6.03. The molecule has 2 atom stereocenters. The third-order valence-electron chi connectivity index (χ3n) is 9.25. The minimum Gasteiger partial charge on any atom is -0.481 e. The number of fused-ring (bicyclic) bond motifs is 2. The van der Waals surface area contributed by atoms with Crippen LogP contribution in [0.25, 0.3) is 10.9 Å². The van der Waals surface area contributed by atoms with Gasteiger partial charge in [-0.1, -0.05) is 61.2 Å². The van der Waals surface area contributed by atoms with Gasteiger partial charge in [-0.3, -0.25) is 9.59 Å². The number of anilines is 1. The number of rotatable bonds is 11. The Morgan fingerprint density at radius 3 is 2.49 bits per heavy atom. The van der Waals surface area contributed by atoms with Gasteiger partial charge in [0.2, 0.25) is 0 Å². The van der Waals surface area contributed by atoms with Crippen LogP contribution < -0.4 is 10.1 Å². The zero-order valence-corrected chi connectivity index (χ0v) is 25.8. The van der Waals surface area contributed by atoms with Crippen molar-refractivity contribution in [3.05, 3.63) is 94.1 Å². The number of nitrogens with zero attached hydrogens (tertiary/aromatic N) is 1. The fourth-order valence-corrected chi connectivity index (χ4v) is 6.62. The molecule has 0 spiro atoms. The standard InChI is InChI=1S/C36H39ClN2O4/c1-22(40)34(31-18-25-9-4-5-10-30(25)38-31)43-27-15-16-32-29(19-27)28(17-23-7-6-8-23)33(20-36(2,3)35(41)42)39(32)21-24-11-13-26(37)14-12-24/h4-5,9-16,19,23,31,34,38H,6-8,17-18,20-21H2,1-3H3,(H,41,42)/t31?,34-/m1/s1. The number of Topliss-reactive ketones (excluding diaryl/α,β-unsaturated/α-hetero) is 1. The summed E-state index contributed by atoms with van der Waals surface area (Å²) < 4.78 is 8.77. The first-order valence-electron chi connectivity index (χ1n) is 15.2. The predicted octanol–water partition coefficient (Wildman–Crippen LogP) is 7.71. The van der Waals surface area contributed by atoms with Gasteiger partial charge in [-0.25, -0.2) is 0 Å². The van der Waals surface area contributed by atoms with Crippen molar-refractivity contribution in [3.8, 4) is 5.75 Å². The van der Waals surface area contributed by atoms with E-state index in [2.05, 4.69) is 28.1 Å². The lowest BCUT2D eigenvalue weighted by Gasteiger charge is -2.27. The Balaban J connectivity index is 1.42. The molecular weight excluding hydrogens is 560 g/mol. The highest BCUT2D eigenvalue weighted by atomic mass is 35.5. The topological polar surface area (TPSA) is 80.6 Å². The lowest BCUT2D eigenvalue weighted by Crippen LogP contribution is -2.41. The van der Waals surface area contributed by atoms with Gasteiger partial charge in [0.25, 0.3) is 0 Å². The average molecular weight is 599 g/mol. The summed E-state index contributed by atoms with van der Waals surface area (Å²) in [5.74, 6) is 0.387. The number of hydrogen-bond acceptors (Lipinski definition) is 4. The fraction of sp³-hybridized carbons (Fsp3) is 0.389. The SMILES string of the molecule is CC(=O)[C@@H](Oc1ccc2c(c1)c(CC1CCC1)c(CC(C)(C)C(=O)O)n2Cc1ccc(Cl)cc1)C1Cc2ccccc2N1. The van der Waals surface area contributed by atoms with Gasteiger partial charge >= 0.3 is 5.97 Å². The first-order valence-corrected chi connectivity index (χ1v) is 15.6. The molecule has 1 aliphatic heterocycles. The lowest BCUT2D eigenvalue weighted by molar-refractivity contribution is -0.146. The van der Waals surface area contributed by atoms with Crippen molar-refractivity contribution in [3.63, 3.8) is 0 Å². The van der Waals surface area contributed by atoms with E-state index in [9.17, 15) is 14.7 Å². The summed E-state index contributed by atoms with van der Waals surface area (Å²) in [4.78, 5) is 25.2. The van der Waals surface area contributed by atoms with E-state index in [1.165, 1.54) is 30.4 Å². The van der Waals surface area contributed by atoms with Gasteiger partial charge in [-0.2, -0.15) is 0 Å². The molecular formula is C36H39ClN2O4. The molecule has 6 nitrogen and oxygen atoms in total. The van der Waals surface area contributed by atoms with Gasteiger partial charge in [0.1, 0.15) is 5.75 Å². The Morgan fingerprint density at radius 2 is 1.84 bits per heavy atom. The highest BCUT2D eigenvalue weighted by Gasteiger charge is 2.35. The molecule has 0 bridgehead atoms. The van der Waals surface area contributed by atoms with E-state index in [0.717, 1.165) is 40.7 Å². The predicted molar refractivity (Wildman–Crippen MR) is 171 cm³/mol. The van der Waals surface area contributed by atoms with Crippen LogP contribution in [0.3, 0.4) is 0 Å². The van der Waals surface area contributed by atoms with Crippen molar-refractivity contribution in [2.24, 2.45) is 11.3 Å². The zero-order valence-electron chi connectivity index (χ0n) is 25.0. The van der Waals surface area contributed by atoms with E-state index in [1.54, 1.807) is 20.8 Å². The highest BCUT2D eigenvalue weighted by Crippen LogP contribution is 2.40. The normalized spacial score (nSPS) is 17.3. The number of aromatic nitrogens is 1. The van der Waals surface area contributed by atoms with Gasteiger partial charge in [-0.05, 0) is 92.6 Å². The van der Waals surface area contributed by atoms with Crippen molar-refractivity contribution in [1.29, 1.82) is 0 Å². The number of ether oxygens (including phenoxy) is 1. The number of carboxylic acid groups (broad SMARTS) is 1. The van der Waals surface area contributed by atoms with E-state index >= 15 is 0 Å². The number of ketones is 1. The van der Waals surface area contributed by atoms with Crippen LogP contribution in [0.1, 0.15) is 62.4 Å². The summed E-state index contributed by atoms with van der Waals surface area (Å²) in [6, 6.07) is 21.9. The van der Waals surface area contributed by atoms with Gasteiger partial charge < -0.3 is 19.7 Å². The van der Waals surface area contributed by atoms with Gasteiger partial charge in [-0.15, -0.1) is 0 Å². The van der Waals surface area contributed by atoms with Crippen LogP contribution in [0.15, 0.2) is 66.7 Å². The number of carbonyl (C=O) groups is 2. The minimum atomic E-state index is -0.942. The second kappa shape index (κ2) is 11.7. The molecule has 2 aliphatic rings. The minimum absolute atomic E-state index is 0.0238. The molecule has 6 rings (SSSR count). The maximum absolute atomic E-state index is 12.9. The molecule has 1 saturated carbocycles. The molecule has 0 saturated heterocycles.